The lowest BCUT2D eigenvalue weighted by atomic mass is 10.1. The maximum atomic E-state index is 12.2. The number of carbonyl (C=O) groups is 1. The van der Waals surface area contributed by atoms with Crippen molar-refractivity contribution >= 4 is 35.8 Å². The second-order valence-electron chi connectivity index (χ2n) is 5.26. The quantitative estimate of drug-likeness (QED) is 0.441. The molecule has 1 saturated heterocycles. The van der Waals surface area contributed by atoms with Gasteiger partial charge in [0.2, 0.25) is 5.91 Å². The number of rotatable bonds is 3. The molecule has 1 aliphatic carbocycles. The third-order valence-corrected chi connectivity index (χ3v) is 3.88. The van der Waals surface area contributed by atoms with Gasteiger partial charge in [-0.3, -0.25) is 9.79 Å². The Morgan fingerprint density at radius 1 is 1.37 bits per heavy atom. The SMILES string of the molecule is CCN=C(N)NC1CCN(C(=O)C2CCCC2)C1.I. The smallest absolute Gasteiger partial charge is 0.225 e. The number of nitrogens with zero attached hydrogens (tertiary/aromatic N) is 2. The first kappa shape index (κ1) is 16.5. The first-order chi connectivity index (χ1) is 8.70. The molecule has 1 heterocycles. The molecule has 0 spiro atoms. The molecule has 1 atom stereocenters. The van der Waals surface area contributed by atoms with E-state index in [0.29, 0.717) is 18.4 Å². The van der Waals surface area contributed by atoms with Gasteiger partial charge >= 0.3 is 0 Å². The maximum absolute atomic E-state index is 12.2. The van der Waals surface area contributed by atoms with E-state index >= 15 is 0 Å². The van der Waals surface area contributed by atoms with Gasteiger partial charge in [0.25, 0.3) is 0 Å². The van der Waals surface area contributed by atoms with Crippen LogP contribution in [-0.4, -0.2) is 42.4 Å². The standard InChI is InChI=1S/C13H24N4O.HI/c1-2-15-13(14)16-11-7-8-17(9-11)12(18)10-5-3-4-6-10;/h10-11H,2-9H2,1H3,(H3,14,15,16);1H. The highest BCUT2D eigenvalue weighted by Crippen LogP contribution is 2.27. The van der Waals surface area contributed by atoms with Crippen LogP contribution < -0.4 is 11.1 Å². The number of hydrogen-bond acceptors (Lipinski definition) is 2. The van der Waals surface area contributed by atoms with Crippen molar-refractivity contribution in [1.29, 1.82) is 0 Å². The summed E-state index contributed by atoms with van der Waals surface area (Å²) in [4.78, 5) is 18.3. The summed E-state index contributed by atoms with van der Waals surface area (Å²) in [7, 11) is 0. The van der Waals surface area contributed by atoms with Crippen LogP contribution in [0.15, 0.2) is 4.99 Å². The van der Waals surface area contributed by atoms with Crippen LogP contribution in [0.1, 0.15) is 39.0 Å². The van der Waals surface area contributed by atoms with Crippen molar-refractivity contribution in [1.82, 2.24) is 10.2 Å². The number of aliphatic imine (C=N–C) groups is 1. The van der Waals surface area contributed by atoms with Gasteiger partial charge in [0.1, 0.15) is 0 Å². The zero-order valence-corrected chi connectivity index (χ0v) is 13.9. The Morgan fingerprint density at radius 2 is 2.05 bits per heavy atom. The monoisotopic (exact) mass is 380 g/mol. The Balaban J connectivity index is 0.00000180. The predicted octanol–water partition coefficient (Wildman–Crippen LogP) is 1.32. The molecule has 110 valence electrons. The van der Waals surface area contributed by atoms with Crippen LogP contribution in [-0.2, 0) is 4.79 Å². The number of nitrogens with one attached hydrogen (secondary N) is 1. The Morgan fingerprint density at radius 3 is 2.68 bits per heavy atom. The van der Waals surface area contributed by atoms with E-state index in [1.165, 1.54) is 12.8 Å². The van der Waals surface area contributed by atoms with Crippen LogP contribution in [0.3, 0.4) is 0 Å². The highest BCUT2D eigenvalue weighted by Gasteiger charge is 2.32. The van der Waals surface area contributed by atoms with Crippen molar-refractivity contribution in [2.45, 2.75) is 45.1 Å². The molecule has 0 aromatic rings. The number of nitrogens with two attached hydrogens (primary N) is 1. The molecular formula is C13H25IN4O. The molecule has 0 aromatic carbocycles. The van der Waals surface area contributed by atoms with Crippen molar-refractivity contribution in [3.05, 3.63) is 0 Å². The van der Waals surface area contributed by atoms with Crippen LogP contribution in [0.25, 0.3) is 0 Å². The Labute approximate surface area is 132 Å². The van der Waals surface area contributed by atoms with Gasteiger partial charge in [-0.1, -0.05) is 12.8 Å². The lowest BCUT2D eigenvalue weighted by Crippen LogP contribution is -2.43. The van der Waals surface area contributed by atoms with Crippen molar-refractivity contribution in [3.63, 3.8) is 0 Å². The number of carbonyl (C=O) groups excluding carboxylic acids is 1. The average Bonchev–Trinajstić information content (AvgIpc) is 2.98. The molecule has 2 fully saturated rings. The van der Waals surface area contributed by atoms with Gasteiger partial charge in [-0.25, -0.2) is 0 Å². The Bertz CT molecular complexity index is 329. The van der Waals surface area contributed by atoms with E-state index in [2.05, 4.69) is 10.3 Å². The minimum atomic E-state index is 0. The number of halogens is 1. The molecule has 1 unspecified atom stereocenters. The molecule has 1 saturated carbocycles. The zero-order chi connectivity index (χ0) is 13.0. The van der Waals surface area contributed by atoms with Crippen molar-refractivity contribution in [3.8, 4) is 0 Å². The molecule has 0 aromatic heterocycles. The summed E-state index contributed by atoms with van der Waals surface area (Å²) in [6.07, 6.45) is 5.54. The van der Waals surface area contributed by atoms with Gasteiger partial charge in [-0.05, 0) is 26.2 Å². The van der Waals surface area contributed by atoms with E-state index in [1.807, 2.05) is 11.8 Å². The van der Waals surface area contributed by atoms with E-state index < -0.39 is 0 Å². The molecule has 1 aliphatic heterocycles. The van der Waals surface area contributed by atoms with Crippen molar-refractivity contribution < 1.29 is 4.79 Å². The van der Waals surface area contributed by atoms with E-state index in [1.54, 1.807) is 0 Å². The molecular weight excluding hydrogens is 355 g/mol. The number of hydrogen-bond donors (Lipinski definition) is 2. The third-order valence-electron chi connectivity index (χ3n) is 3.88. The van der Waals surface area contributed by atoms with Gasteiger partial charge in [0.05, 0.1) is 0 Å². The van der Waals surface area contributed by atoms with E-state index in [-0.39, 0.29) is 35.9 Å². The Kier molecular flexibility index (Phi) is 6.88. The third kappa shape index (κ3) is 4.50. The largest absolute Gasteiger partial charge is 0.370 e. The van der Waals surface area contributed by atoms with Crippen LogP contribution in [0, 0.1) is 5.92 Å². The summed E-state index contributed by atoms with van der Waals surface area (Å²) in [6.45, 7) is 4.27. The molecule has 0 bridgehead atoms. The van der Waals surface area contributed by atoms with Gasteiger partial charge in [0, 0.05) is 31.6 Å². The fourth-order valence-corrected chi connectivity index (χ4v) is 2.93. The van der Waals surface area contributed by atoms with Gasteiger partial charge in [-0.15, -0.1) is 24.0 Å². The topological polar surface area (TPSA) is 70.7 Å². The van der Waals surface area contributed by atoms with Gasteiger partial charge in [-0.2, -0.15) is 0 Å². The molecule has 2 aliphatic rings. The fraction of sp³-hybridized carbons (Fsp3) is 0.846. The zero-order valence-electron chi connectivity index (χ0n) is 11.6. The summed E-state index contributed by atoms with van der Waals surface area (Å²) in [5, 5.41) is 3.19. The summed E-state index contributed by atoms with van der Waals surface area (Å²) >= 11 is 0. The molecule has 5 nitrogen and oxygen atoms in total. The highest BCUT2D eigenvalue weighted by atomic mass is 127. The number of guanidine groups is 1. The van der Waals surface area contributed by atoms with Crippen molar-refractivity contribution in [2.75, 3.05) is 19.6 Å². The first-order valence-electron chi connectivity index (χ1n) is 7.06. The number of likely N-dealkylation sites (tertiary alicyclic amines) is 1. The second kappa shape index (κ2) is 7.91. The predicted molar refractivity (Wildman–Crippen MR) is 87.7 cm³/mol. The Hall–Kier alpha value is -0.530. The van der Waals surface area contributed by atoms with Gasteiger partial charge in [0.15, 0.2) is 5.96 Å². The molecule has 3 N–H and O–H groups in total. The first-order valence-corrected chi connectivity index (χ1v) is 7.06. The van der Waals surface area contributed by atoms with Crippen LogP contribution in [0.2, 0.25) is 0 Å². The average molecular weight is 380 g/mol. The summed E-state index contributed by atoms with van der Waals surface area (Å²) < 4.78 is 0. The van der Waals surface area contributed by atoms with E-state index in [0.717, 1.165) is 32.4 Å². The minimum absolute atomic E-state index is 0. The number of amides is 1. The molecule has 1 amide bonds. The molecule has 0 radical (unpaired) electrons. The van der Waals surface area contributed by atoms with E-state index in [4.69, 9.17) is 5.73 Å². The van der Waals surface area contributed by atoms with Crippen LogP contribution in [0.4, 0.5) is 0 Å². The maximum Gasteiger partial charge on any atom is 0.225 e. The fourth-order valence-electron chi connectivity index (χ4n) is 2.93. The lowest BCUT2D eigenvalue weighted by molar-refractivity contribution is -0.134. The highest BCUT2D eigenvalue weighted by molar-refractivity contribution is 14.0. The summed E-state index contributed by atoms with van der Waals surface area (Å²) in [5.74, 6) is 1.13. The summed E-state index contributed by atoms with van der Waals surface area (Å²) in [6, 6.07) is 0.269. The molecule has 2 rings (SSSR count). The van der Waals surface area contributed by atoms with Crippen LogP contribution >= 0.6 is 24.0 Å². The van der Waals surface area contributed by atoms with E-state index in [9.17, 15) is 4.79 Å². The minimum Gasteiger partial charge on any atom is -0.370 e. The lowest BCUT2D eigenvalue weighted by Gasteiger charge is -2.20. The van der Waals surface area contributed by atoms with Gasteiger partial charge < -0.3 is 16.0 Å². The second-order valence-corrected chi connectivity index (χ2v) is 5.26. The normalized spacial score (nSPS) is 24.4. The summed E-state index contributed by atoms with van der Waals surface area (Å²) in [5.41, 5.74) is 5.74. The van der Waals surface area contributed by atoms with Crippen LogP contribution in [0.5, 0.6) is 0 Å². The van der Waals surface area contributed by atoms with Crippen molar-refractivity contribution in [2.24, 2.45) is 16.6 Å². The molecule has 19 heavy (non-hydrogen) atoms. The molecule has 6 heteroatoms.